The molecule has 0 aromatic heterocycles. The monoisotopic (exact) mass is 336 g/mol. The number of sulfonamides is 2. The molecule has 0 bridgehead atoms. The molecule has 0 fully saturated rings. The van der Waals surface area contributed by atoms with E-state index in [1.54, 1.807) is 6.92 Å². The fraction of sp³-hybridized carbons (Fsp3) is 0.364. The molecule has 0 heterocycles. The Kier molecular flexibility index (Phi) is 5.84. The first kappa shape index (κ1) is 17.6. The van der Waals surface area contributed by atoms with Crippen molar-refractivity contribution in [3.63, 3.8) is 0 Å². The fourth-order valence-corrected chi connectivity index (χ4v) is 3.64. The van der Waals surface area contributed by atoms with E-state index >= 15 is 0 Å². The van der Waals surface area contributed by atoms with Gasteiger partial charge < -0.3 is 5.11 Å². The van der Waals surface area contributed by atoms with Gasteiger partial charge in [0.05, 0.1) is 16.2 Å². The third-order valence-electron chi connectivity index (χ3n) is 2.42. The summed E-state index contributed by atoms with van der Waals surface area (Å²) in [4.78, 5) is 10.6. The molecule has 1 aromatic carbocycles. The van der Waals surface area contributed by atoms with Gasteiger partial charge in [0, 0.05) is 13.1 Å². The van der Waals surface area contributed by atoms with Crippen LogP contribution in [0.5, 0.6) is 0 Å². The molecule has 0 unspecified atom stereocenters. The Morgan fingerprint density at radius 3 is 2.43 bits per heavy atom. The number of hydrogen-bond donors (Lipinski definition) is 3. The van der Waals surface area contributed by atoms with Crippen LogP contribution in [0.25, 0.3) is 0 Å². The molecule has 1 aromatic rings. The molecule has 10 heteroatoms. The minimum absolute atomic E-state index is 0.168. The second-order valence-electron chi connectivity index (χ2n) is 4.05. The smallest absolute Gasteiger partial charge is 0.335 e. The normalized spacial score (nSPS) is 12.2. The summed E-state index contributed by atoms with van der Waals surface area (Å²) >= 11 is 0. The number of aromatic carboxylic acids is 1. The average molecular weight is 336 g/mol. The lowest BCUT2D eigenvalue weighted by atomic mass is 10.2. The van der Waals surface area contributed by atoms with Crippen molar-refractivity contribution >= 4 is 26.0 Å². The molecular weight excluding hydrogens is 320 g/mol. The van der Waals surface area contributed by atoms with Crippen molar-refractivity contribution in [2.45, 2.75) is 11.8 Å². The summed E-state index contributed by atoms with van der Waals surface area (Å²) in [5.41, 5.74) is -0.168. The molecule has 21 heavy (non-hydrogen) atoms. The van der Waals surface area contributed by atoms with Crippen molar-refractivity contribution in [1.29, 1.82) is 0 Å². The number of nitrogens with one attached hydrogen (secondary N) is 2. The molecule has 3 N–H and O–H groups in total. The Bertz CT molecular complexity index is 712. The van der Waals surface area contributed by atoms with E-state index in [-0.39, 0.29) is 23.5 Å². The minimum atomic E-state index is -3.96. The maximum Gasteiger partial charge on any atom is 0.335 e. The standard InChI is InChI=1S/C11H16N2O6S2/c1-2-12-20(16,17)7-6-13-21(18,19)10-5-3-4-9(8-10)11(14)15/h3-5,8,12-13H,2,6-7H2,1H3,(H,14,15). The zero-order chi connectivity index (χ0) is 16.1. The molecule has 0 aliphatic rings. The number of carboxylic acid groups (broad SMARTS) is 1. The summed E-state index contributed by atoms with van der Waals surface area (Å²) in [5, 5.41) is 8.81. The molecule has 0 amide bonds. The Labute approximate surface area is 123 Å². The zero-order valence-corrected chi connectivity index (χ0v) is 12.9. The number of benzene rings is 1. The maximum absolute atomic E-state index is 11.9. The first-order valence-electron chi connectivity index (χ1n) is 5.98. The highest BCUT2D eigenvalue weighted by atomic mass is 32.2. The Hall–Kier alpha value is -1.49. The highest BCUT2D eigenvalue weighted by Gasteiger charge is 2.17. The van der Waals surface area contributed by atoms with E-state index in [4.69, 9.17) is 5.11 Å². The molecular formula is C11H16N2O6S2. The molecule has 0 saturated carbocycles. The van der Waals surface area contributed by atoms with Crippen LogP contribution in [0.4, 0.5) is 0 Å². The van der Waals surface area contributed by atoms with Crippen molar-refractivity contribution in [2.24, 2.45) is 0 Å². The Morgan fingerprint density at radius 2 is 1.86 bits per heavy atom. The van der Waals surface area contributed by atoms with Gasteiger partial charge in [-0.15, -0.1) is 0 Å². The maximum atomic E-state index is 11.9. The first-order valence-corrected chi connectivity index (χ1v) is 9.12. The van der Waals surface area contributed by atoms with Gasteiger partial charge in [-0.05, 0) is 18.2 Å². The van der Waals surface area contributed by atoms with Crippen LogP contribution in [0.1, 0.15) is 17.3 Å². The summed E-state index contributed by atoms with van der Waals surface area (Å²) in [5.74, 6) is -1.65. The van der Waals surface area contributed by atoms with Crippen molar-refractivity contribution < 1.29 is 26.7 Å². The first-order chi connectivity index (χ1) is 9.68. The summed E-state index contributed by atoms with van der Waals surface area (Å²) in [7, 11) is -7.49. The average Bonchev–Trinajstić information content (AvgIpc) is 2.38. The predicted octanol–water partition coefficient (Wildman–Crippen LogP) is -0.398. The molecule has 118 valence electrons. The van der Waals surface area contributed by atoms with Gasteiger partial charge in [-0.25, -0.2) is 31.1 Å². The van der Waals surface area contributed by atoms with E-state index in [1.165, 1.54) is 18.2 Å². The van der Waals surface area contributed by atoms with E-state index in [0.29, 0.717) is 0 Å². The van der Waals surface area contributed by atoms with Crippen molar-refractivity contribution in [2.75, 3.05) is 18.8 Å². The molecule has 0 saturated heterocycles. The van der Waals surface area contributed by atoms with Crippen LogP contribution in [0.2, 0.25) is 0 Å². The number of carbonyl (C=O) groups is 1. The quantitative estimate of drug-likeness (QED) is 0.592. The van der Waals surface area contributed by atoms with Gasteiger partial charge in [-0.2, -0.15) is 0 Å². The summed E-state index contributed by atoms with van der Waals surface area (Å²) in [6, 6.07) is 4.79. The highest BCUT2D eigenvalue weighted by molar-refractivity contribution is 7.90. The highest BCUT2D eigenvalue weighted by Crippen LogP contribution is 2.11. The van der Waals surface area contributed by atoms with Crippen LogP contribution in [-0.4, -0.2) is 46.8 Å². The van der Waals surface area contributed by atoms with Gasteiger partial charge in [-0.1, -0.05) is 13.0 Å². The van der Waals surface area contributed by atoms with Crippen LogP contribution in [0.3, 0.4) is 0 Å². The van der Waals surface area contributed by atoms with Crippen molar-refractivity contribution in [3.8, 4) is 0 Å². The molecule has 8 nitrogen and oxygen atoms in total. The van der Waals surface area contributed by atoms with E-state index in [1.807, 2.05) is 0 Å². The van der Waals surface area contributed by atoms with Crippen LogP contribution >= 0.6 is 0 Å². The summed E-state index contributed by atoms with van der Waals surface area (Å²) < 4.78 is 51.0. The van der Waals surface area contributed by atoms with Gasteiger partial charge in [0.15, 0.2) is 0 Å². The van der Waals surface area contributed by atoms with E-state index in [2.05, 4.69) is 9.44 Å². The summed E-state index contributed by atoms with van der Waals surface area (Å²) in [6.07, 6.45) is 0. The SMILES string of the molecule is CCNS(=O)(=O)CCNS(=O)(=O)c1cccc(C(=O)O)c1. The van der Waals surface area contributed by atoms with Gasteiger partial charge >= 0.3 is 5.97 Å². The van der Waals surface area contributed by atoms with Crippen LogP contribution in [-0.2, 0) is 20.0 Å². The second-order valence-corrected chi connectivity index (χ2v) is 7.74. The van der Waals surface area contributed by atoms with Crippen LogP contribution in [0, 0.1) is 0 Å². The second kappa shape index (κ2) is 6.98. The molecule has 1 rings (SSSR count). The third kappa shape index (κ3) is 5.42. The van der Waals surface area contributed by atoms with E-state index in [9.17, 15) is 21.6 Å². The van der Waals surface area contributed by atoms with Gasteiger partial charge in [-0.3, -0.25) is 0 Å². The number of rotatable bonds is 8. The lowest BCUT2D eigenvalue weighted by Gasteiger charge is -2.08. The Balaban J connectivity index is 2.79. The molecule has 0 radical (unpaired) electrons. The lowest BCUT2D eigenvalue weighted by molar-refractivity contribution is 0.0696. The fourth-order valence-electron chi connectivity index (χ4n) is 1.48. The molecule has 0 aliphatic heterocycles. The molecule has 0 aliphatic carbocycles. The molecule has 0 atom stereocenters. The van der Waals surface area contributed by atoms with Crippen LogP contribution < -0.4 is 9.44 Å². The van der Waals surface area contributed by atoms with Gasteiger partial charge in [0.25, 0.3) is 0 Å². The third-order valence-corrected chi connectivity index (χ3v) is 5.35. The lowest BCUT2D eigenvalue weighted by Crippen LogP contribution is -2.34. The zero-order valence-electron chi connectivity index (χ0n) is 11.2. The predicted molar refractivity (Wildman–Crippen MR) is 76.1 cm³/mol. The molecule has 0 spiro atoms. The van der Waals surface area contributed by atoms with E-state index in [0.717, 1.165) is 6.07 Å². The summed E-state index contributed by atoms with van der Waals surface area (Å²) in [6.45, 7) is 1.52. The topological polar surface area (TPSA) is 130 Å². The minimum Gasteiger partial charge on any atom is -0.478 e. The van der Waals surface area contributed by atoms with Crippen molar-refractivity contribution in [1.82, 2.24) is 9.44 Å². The van der Waals surface area contributed by atoms with Crippen LogP contribution in [0.15, 0.2) is 29.2 Å². The Morgan fingerprint density at radius 1 is 1.19 bits per heavy atom. The van der Waals surface area contributed by atoms with Gasteiger partial charge in [0.1, 0.15) is 0 Å². The van der Waals surface area contributed by atoms with Crippen molar-refractivity contribution in [3.05, 3.63) is 29.8 Å². The van der Waals surface area contributed by atoms with Gasteiger partial charge in [0.2, 0.25) is 20.0 Å². The largest absolute Gasteiger partial charge is 0.478 e. The van der Waals surface area contributed by atoms with E-state index < -0.39 is 31.8 Å². The number of hydrogen-bond acceptors (Lipinski definition) is 5. The number of carboxylic acids is 1.